The van der Waals surface area contributed by atoms with E-state index in [4.69, 9.17) is 11.6 Å². The van der Waals surface area contributed by atoms with Crippen LogP contribution < -0.4 is 11.2 Å². The van der Waals surface area contributed by atoms with Gasteiger partial charge >= 0.3 is 5.69 Å². The van der Waals surface area contributed by atoms with Gasteiger partial charge in [-0.1, -0.05) is 11.6 Å². The van der Waals surface area contributed by atoms with Crippen molar-refractivity contribution >= 4 is 38.4 Å². The predicted molar refractivity (Wildman–Crippen MR) is 67.2 cm³/mol. The molecule has 0 saturated carbocycles. The molecule has 0 saturated heterocycles. The lowest BCUT2D eigenvalue weighted by molar-refractivity contribution is 0.623. The molecule has 1 N–H and O–H groups in total. The normalized spacial score (nSPS) is 11.1. The number of benzene rings is 1. The van der Waals surface area contributed by atoms with Crippen molar-refractivity contribution in [2.24, 2.45) is 0 Å². The molecule has 7 heteroatoms. The van der Waals surface area contributed by atoms with Crippen LogP contribution in [0.3, 0.4) is 0 Å². The highest BCUT2D eigenvalue weighted by Gasteiger charge is 2.15. The van der Waals surface area contributed by atoms with Gasteiger partial charge in [-0.25, -0.2) is 9.18 Å². The van der Waals surface area contributed by atoms with Crippen molar-refractivity contribution in [3.05, 3.63) is 42.2 Å². The summed E-state index contributed by atoms with van der Waals surface area (Å²) in [5, 5.41) is 0.0746. The van der Waals surface area contributed by atoms with E-state index in [0.29, 0.717) is 0 Å². The van der Waals surface area contributed by atoms with Gasteiger partial charge in [-0.15, -0.1) is 0 Å². The minimum Gasteiger partial charge on any atom is -0.304 e. The van der Waals surface area contributed by atoms with Gasteiger partial charge in [0.1, 0.15) is 0 Å². The van der Waals surface area contributed by atoms with Crippen LogP contribution in [0.5, 0.6) is 0 Å². The van der Waals surface area contributed by atoms with Gasteiger partial charge in [0.25, 0.3) is 5.56 Å². The zero-order valence-corrected chi connectivity index (χ0v) is 11.0. The molecule has 0 atom stereocenters. The van der Waals surface area contributed by atoms with Gasteiger partial charge in [-0.05, 0) is 28.9 Å². The van der Waals surface area contributed by atoms with Gasteiger partial charge in [0.2, 0.25) is 0 Å². The van der Waals surface area contributed by atoms with Crippen molar-refractivity contribution < 1.29 is 4.39 Å². The lowest BCUT2D eigenvalue weighted by atomic mass is 10.2. The Labute approximate surface area is 108 Å². The zero-order chi connectivity index (χ0) is 12.7. The Balaban J connectivity index is 3.13. The number of nitrogens with one attached hydrogen (secondary N) is 1. The molecule has 1 aromatic heterocycles. The van der Waals surface area contributed by atoms with E-state index in [9.17, 15) is 14.0 Å². The van der Waals surface area contributed by atoms with Crippen LogP contribution in [0, 0.1) is 5.82 Å². The summed E-state index contributed by atoms with van der Waals surface area (Å²) in [6, 6.07) is 1.29. The highest BCUT2D eigenvalue weighted by atomic mass is 79.9. The fourth-order valence-electron chi connectivity index (χ4n) is 1.61. The van der Waals surface area contributed by atoms with E-state index in [-0.39, 0.29) is 26.9 Å². The first kappa shape index (κ1) is 12.3. The average molecular weight is 322 g/mol. The maximum atomic E-state index is 13.8. The SMILES string of the molecule is CCn1c(=O)[nH]c2c(F)c(Br)cc(Cl)c2c1=O. The van der Waals surface area contributed by atoms with Gasteiger partial charge in [-0.2, -0.15) is 0 Å². The van der Waals surface area contributed by atoms with Crippen molar-refractivity contribution in [1.82, 2.24) is 9.55 Å². The monoisotopic (exact) mass is 320 g/mol. The third-order valence-corrected chi connectivity index (χ3v) is 3.30. The molecule has 17 heavy (non-hydrogen) atoms. The molecule has 0 amide bonds. The van der Waals surface area contributed by atoms with Crippen molar-refractivity contribution in [2.45, 2.75) is 13.5 Å². The Morgan fingerprint density at radius 3 is 2.76 bits per heavy atom. The highest BCUT2D eigenvalue weighted by molar-refractivity contribution is 9.10. The molecule has 0 spiro atoms. The molecule has 4 nitrogen and oxygen atoms in total. The number of hydrogen-bond acceptors (Lipinski definition) is 2. The summed E-state index contributed by atoms with van der Waals surface area (Å²) >= 11 is 8.85. The molecule has 0 unspecified atom stereocenters. The van der Waals surface area contributed by atoms with E-state index in [1.165, 1.54) is 6.07 Å². The van der Waals surface area contributed by atoms with Crippen LogP contribution in [0.4, 0.5) is 4.39 Å². The molecule has 2 rings (SSSR count). The summed E-state index contributed by atoms with van der Waals surface area (Å²) in [5.74, 6) is -0.707. The van der Waals surface area contributed by atoms with E-state index in [2.05, 4.69) is 20.9 Å². The van der Waals surface area contributed by atoms with Crippen LogP contribution in [0.2, 0.25) is 5.02 Å². The molecule has 1 aromatic carbocycles. The van der Waals surface area contributed by atoms with Gasteiger partial charge in [-0.3, -0.25) is 9.36 Å². The lowest BCUT2D eigenvalue weighted by Crippen LogP contribution is -2.34. The van der Waals surface area contributed by atoms with Crippen molar-refractivity contribution in [3.8, 4) is 0 Å². The van der Waals surface area contributed by atoms with E-state index < -0.39 is 17.1 Å². The maximum Gasteiger partial charge on any atom is 0.328 e. The van der Waals surface area contributed by atoms with Crippen LogP contribution in [0.25, 0.3) is 10.9 Å². The second-order valence-corrected chi connectivity index (χ2v) is 4.65. The second-order valence-electron chi connectivity index (χ2n) is 3.38. The third-order valence-electron chi connectivity index (χ3n) is 2.42. The molecule has 90 valence electrons. The summed E-state index contributed by atoms with van der Waals surface area (Å²) in [6.45, 7) is 1.84. The molecule has 0 aliphatic rings. The third kappa shape index (κ3) is 1.81. The Bertz CT molecular complexity index is 723. The Hall–Kier alpha value is -1.14. The molecule has 2 aromatic rings. The summed E-state index contributed by atoms with van der Waals surface area (Å²) in [5.41, 5.74) is -1.43. The Kier molecular flexibility index (Phi) is 3.09. The summed E-state index contributed by atoms with van der Waals surface area (Å²) in [7, 11) is 0. The van der Waals surface area contributed by atoms with Crippen molar-refractivity contribution in [3.63, 3.8) is 0 Å². The minimum atomic E-state index is -0.707. The molecule has 0 bridgehead atoms. The van der Waals surface area contributed by atoms with Crippen molar-refractivity contribution in [2.75, 3.05) is 0 Å². The van der Waals surface area contributed by atoms with E-state index in [0.717, 1.165) is 4.57 Å². The Morgan fingerprint density at radius 2 is 2.18 bits per heavy atom. The maximum absolute atomic E-state index is 13.8. The summed E-state index contributed by atoms with van der Waals surface area (Å²) in [6.07, 6.45) is 0. The molecule has 0 aliphatic heterocycles. The second kappa shape index (κ2) is 4.27. The van der Waals surface area contributed by atoms with Crippen LogP contribution in [0.15, 0.2) is 20.1 Å². The molecular weight excluding hydrogens is 314 g/mol. The Morgan fingerprint density at radius 1 is 1.53 bits per heavy atom. The summed E-state index contributed by atoms with van der Waals surface area (Å²) < 4.78 is 14.8. The first-order valence-corrected chi connectivity index (χ1v) is 5.94. The lowest BCUT2D eigenvalue weighted by Gasteiger charge is -2.06. The quantitative estimate of drug-likeness (QED) is 0.819. The number of aromatic nitrogens is 2. The molecule has 0 aliphatic carbocycles. The van der Waals surface area contributed by atoms with Crippen LogP contribution >= 0.6 is 27.5 Å². The van der Waals surface area contributed by atoms with Crippen LogP contribution in [-0.2, 0) is 6.54 Å². The van der Waals surface area contributed by atoms with E-state index >= 15 is 0 Å². The smallest absolute Gasteiger partial charge is 0.304 e. The van der Waals surface area contributed by atoms with Crippen LogP contribution in [-0.4, -0.2) is 9.55 Å². The van der Waals surface area contributed by atoms with E-state index in [1.807, 2.05) is 0 Å². The van der Waals surface area contributed by atoms with Gasteiger partial charge < -0.3 is 4.98 Å². The number of hydrogen-bond donors (Lipinski definition) is 1. The highest BCUT2D eigenvalue weighted by Crippen LogP contribution is 2.27. The van der Waals surface area contributed by atoms with Gasteiger partial charge in [0.15, 0.2) is 5.82 Å². The topological polar surface area (TPSA) is 54.9 Å². The minimum absolute atomic E-state index is 0.0196. The first-order valence-electron chi connectivity index (χ1n) is 4.77. The van der Waals surface area contributed by atoms with Gasteiger partial charge in [0, 0.05) is 6.54 Å². The van der Waals surface area contributed by atoms with E-state index in [1.54, 1.807) is 6.92 Å². The number of nitrogens with zero attached hydrogens (tertiary/aromatic N) is 1. The number of fused-ring (bicyclic) bond motifs is 1. The largest absolute Gasteiger partial charge is 0.328 e. The fraction of sp³-hybridized carbons (Fsp3) is 0.200. The molecule has 1 heterocycles. The predicted octanol–water partition coefficient (Wildman–Crippen LogP) is 2.26. The zero-order valence-electron chi connectivity index (χ0n) is 8.68. The summed E-state index contributed by atoms with van der Waals surface area (Å²) in [4.78, 5) is 25.8. The average Bonchev–Trinajstić information content (AvgIpc) is 2.25. The van der Waals surface area contributed by atoms with Crippen LogP contribution in [0.1, 0.15) is 6.92 Å². The number of rotatable bonds is 1. The number of H-pyrrole nitrogens is 1. The number of aromatic amines is 1. The standard InChI is InChI=1S/C10H7BrClFN2O2/c1-2-15-9(16)6-5(12)3-4(11)7(13)8(6)14-10(15)17/h3H,2H2,1H3,(H,14,17). The molecular formula is C10H7BrClFN2O2. The number of halogens is 3. The molecule has 0 fully saturated rings. The fourth-order valence-corrected chi connectivity index (χ4v) is 2.45. The molecule has 0 radical (unpaired) electrons. The van der Waals surface area contributed by atoms with Gasteiger partial charge in [0.05, 0.1) is 20.4 Å². The van der Waals surface area contributed by atoms with Crippen molar-refractivity contribution in [1.29, 1.82) is 0 Å². The first-order chi connectivity index (χ1) is 7.97.